The van der Waals surface area contributed by atoms with Gasteiger partial charge in [0, 0.05) is 5.69 Å². The second-order valence-corrected chi connectivity index (χ2v) is 5.63. The van der Waals surface area contributed by atoms with Crippen LogP contribution in [0.25, 0.3) is 0 Å². The van der Waals surface area contributed by atoms with Crippen LogP contribution in [0, 0.1) is 20.8 Å². The summed E-state index contributed by atoms with van der Waals surface area (Å²) in [6.45, 7) is 8.20. The fourth-order valence-electron chi connectivity index (χ4n) is 2.85. The Kier molecular flexibility index (Phi) is 4.79. The molecule has 0 radical (unpaired) electrons. The number of anilines is 1. The Morgan fingerprint density at radius 1 is 1.05 bits per heavy atom. The number of hydrogen-bond donors (Lipinski definition) is 1. The van der Waals surface area contributed by atoms with E-state index in [9.17, 15) is 4.79 Å². The second-order valence-electron chi connectivity index (χ2n) is 5.63. The molecule has 1 atom stereocenters. The topological polar surface area (TPSA) is 29.1 Å². The summed E-state index contributed by atoms with van der Waals surface area (Å²) in [7, 11) is 0. The van der Waals surface area contributed by atoms with Crippen molar-refractivity contribution in [1.82, 2.24) is 0 Å². The van der Waals surface area contributed by atoms with E-state index in [1.165, 1.54) is 5.56 Å². The molecule has 2 aromatic rings. The lowest BCUT2D eigenvalue weighted by Gasteiger charge is -2.18. The van der Waals surface area contributed by atoms with E-state index in [0.29, 0.717) is 0 Å². The molecule has 21 heavy (non-hydrogen) atoms. The third-order valence-electron chi connectivity index (χ3n) is 3.85. The van der Waals surface area contributed by atoms with Gasteiger partial charge in [0.05, 0.1) is 5.92 Å². The van der Waals surface area contributed by atoms with E-state index < -0.39 is 0 Å². The van der Waals surface area contributed by atoms with Gasteiger partial charge in [0.2, 0.25) is 5.91 Å². The van der Waals surface area contributed by atoms with Crippen LogP contribution in [-0.2, 0) is 4.79 Å². The predicted octanol–water partition coefficient (Wildman–Crippen LogP) is 4.74. The summed E-state index contributed by atoms with van der Waals surface area (Å²) in [6, 6.07) is 14.2. The van der Waals surface area contributed by atoms with Gasteiger partial charge in [-0.2, -0.15) is 0 Å². The van der Waals surface area contributed by atoms with Gasteiger partial charge in [-0.05, 0) is 43.9 Å². The number of carbonyl (C=O) groups excluding carboxylic acids is 1. The molecule has 0 aliphatic heterocycles. The SMILES string of the molecule is CC[C@H](C(=O)Nc1c(C)cc(C)cc1C)c1ccccc1. The smallest absolute Gasteiger partial charge is 0.231 e. The summed E-state index contributed by atoms with van der Waals surface area (Å²) in [5, 5.41) is 3.12. The molecule has 2 rings (SSSR count). The average molecular weight is 281 g/mol. The number of benzene rings is 2. The van der Waals surface area contributed by atoms with Crippen molar-refractivity contribution in [3.63, 3.8) is 0 Å². The summed E-state index contributed by atoms with van der Waals surface area (Å²) in [4.78, 5) is 12.6. The highest BCUT2D eigenvalue weighted by Crippen LogP contribution is 2.26. The zero-order valence-corrected chi connectivity index (χ0v) is 13.2. The minimum Gasteiger partial charge on any atom is -0.325 e. The molecular weight excluding hydrogens is 258 g/mol. The average Bonchev–Trinajstić information content (AvgIpc) is 2.45. The summed E-state index contributed by atoms with van der Waals surface area (Å²) in [6.07, 6.45) is 0.791. The van der Waals surface area contributed by atoms with E-state index in [2.05, 4.69) is 24.4 Å². The molecule has 0 spiro atoms. The van der Waals surface area contributed by atoms with Gasteiger partial charge in [0.1, 0.15) is 0 Å². The Labute approximate surface area is 127 Å². The molecule has 0 unspecified atom stereocenters. The number of rotatable bonds is 4. The van der Waals surface area contributed by atoms with Crippen LogP contribution in [-0.4, -0.2) is 5.91 Å². The van der Waals surface area contributed by atoms with Crippen molar-refractivity contribution in [2.75, 3.05) is 5.32 Å². The van der Waals surface area contributed by atoms with Gasteiger partial charge in [-0.3, -0.25) is 4.79 Å². The normalized spacial score (nSPS) is 12.0. The van der Waals surface area contributed by atoms with Crippen molar-refractivity contribution in [3.05, 3.63) is 64.7 Å². The Balaban J connectivity index is 2.25. The van der Waals surface area contributed by atoms with Crippen LogP contribution < -0.4 is 5.32 Å². The second kappa shape index (κ2) is 6.57. The number of nitrogens with one attached hydrogen (secondary N) is 1. The highest BCUT2D eigenvalue weighted by Gasteiger charge is 2.19. The third-order valence-corrected chi connectivity index (χ3v) is 3.85. The first-order chi connectivity index (χ1) is 10.0. The van der Waals surface area contributed by atoms with Gasteiger partial charge in [0.25, 0.3) is 0 Å². The van der Waals surface area contributed by atoms with Crippen LogP contribution in [0.1, 0.15) is 41.5 Å². The molecule has 0 aromatic heterocycles. The quantitative estimate of drug-likeness (QED) is 0.861. The van der Waals surface area contributed by atoms with E-state index in [4.69, 9.17) is 0 Å². The van der Waals surface area contributed by atoms with Crippen LogP contribution in [0.15, 0.2) is 42.5 Å². The van der Waals surface area contributed by atoms with Crippen LogP contribution in [0.5, 0.6) is 0 Å². The standard InChI is InChI=1S/C19H23NO/c1-5-17(16-9-7-6-8-10-16)19(21)20-18-14(3)11-13(2)12-15(18)4/h6-12,17H,5H2,1-4H3,(H,20,21)/t17-/m0/s1. The Morgan fingerprint density at radius 2 is 1.62 bits per heavy atom. The van der Waals surface area contributed by atoms with Gasteiger partial charge in [0.15, 0.2) is 0 Å². The fraction of sp³-hybridized carbons (Fsp3) is 0.316. The Bertz CT molecular complexity index is 608. The van der Waals surface area contributed by atoms with Crippen LogP contribution >= 0.6 is 0 Å². The summed E-state index contributed by atoms with van der Waals surface area (Å²) >= 11 is 0. The molecule has 0 aliphatic carbocycles. The van der Waals surface area contributed by atoms with Crippen molar-refractivity contribution in [1.29, 1.82) is 0 Å². The van der Waals surface area contributed by atoms with Crippen molar-refractivity contribution >= 4 is 11.6 Å². The maximum Gasteiger partial charge on any atom is 0.231 e. The first-order valence-corrected chi connectivity index (χ1v) is 7.46. The highest BCUT2D eigenvalue weighted by molar-refractivity contribution is 5.97. The van der Waals surface area contributed by atoms with E-state index in [1.807, 2.05) is 51.1 Å². The number of aryl methyl sites for hydroxylation is 3. The molecule has 2 heteroatoms. The molecule has 110 valence electrons. The van der Waals surface area contributed by atoms with E-state index in [0.717, 1.165) is 28.8 Å². The predicted molar refractivity (Wildman–Crippen MR) is 88.8 cm³/mol. The van der Waals surface area contributed by atoms with Gasteiger partial charge in [-0.15, -0.1) is 0 Å². The first kappa shape index (κ1) is 15.3. The molecule has 0 bridgehead atoms. The van der Waals surface area contributed by atoms with Crippen molar-refractivity contribution in [2.24, 2.45) is 0 Å². The monoisotopic (exact) mass is 281 g/mol. The number of hydrogen-bond acceptors (Lipinski definition) is 1. The lowest BCUT2D eigenvalue weighted by molar-refractivity contribution is -0.117. The van der Waals surface area contributed by atoms with Crippen LogP contribution in [0.2, 0.25) is 0 Å². The van der Waals surface area contributed by atoms with Gasteiger partial charge >= 0.3 is 0 Å². The lowest BCUT2D eigenvalue weighted by atomic mass is 9.95. The van der Waals surface area contributed by atoms with Gasteiger partial charge < -0.3 is 5.32 Å². The van der Waals surface area contributed by atoms with Crippen LogP contribution in [0.4, 0.5) is 5.69 Å². The molecule has 0 saturated carbocycles. The summed E-state index contributed by atoms with van der Waals surface area (Å²) in [5.41, 5.74) is 5.46. The maximum atomic E-state index is 12.6. The molecule has 1 N–H and O–H groups in total. The lowest BCUT2D eigenvalue weighted by Crippen LogP contribution is -2.21. The zero-order chi connectivity index (χ0) is 15.4. The molecule has 2 nitrogen and oxygen atoms in total. The molecule has 0 heterocycles. The largest absolute Gasteiger partial charge is 0.325 e. The summed E-state index contributed by atoms with van der Waals surface area (Å²) < 4.78 is 0. The minimum absolute atomic E-state index is 0.0683. The molecular formula is C19H23NO. The third kappa shape index (κ3) is 3.52. The maximum absolute atomic E-state index is 12.6. The number of amides is 1. The van der Waals surface area contributed by atoms with E-state index in [1.54, 1.807) is 0 Å². The Hall–Kier alpha value is -2.09. The van der Waals surface area contributed by atoms with Crippen molar-refractivity contribution in [3.8, 4) is 0 Å². The number of carbonyl (C=O) groups is 1. The minimum atomic E-state index is -0.105. The van der Waals surface area contributed by atoms with Gasteiger partial charge in [-0.1, -0.05) is 55.0 Å². The van der Waals surface area contributed by atoms with E-state index >= 15 is 0 Å². The first-order valence-electron chi connectivity index (χ1n) is 7.46. The van der Waals surface area contributed by atoms with Crippen molar-refractivity contribution < 1.29 is 4.79 Å². The molecule has 1 amide bonds. The van der Waals surface area contributed by atoms with E-state index in [-0.39, 0.29) is 11.8 Å². The highest BCUT2D eigenvalue weighted by atomic mass is 16.1. The molecule has 0 fully saturated rings. The van der Waals surface area contributed by atoms with Crippen molar-refractivity contribution in [2.45, 2.75) is 40.0 Å². The Morgan fingerprint density at radius 3 is 2.14 bits per heavy atom. The van der Waals surface area contributed by atoms with Gasteiger partial charge in [-0.25, -0.2) is 0 Å². The molecule has 2 aromatic carbocycles. The zero-order valence-electron chi connectivity index (χ0n) is 13.2. The molecule has 0 saturated heterocycles. The molecule has 0 aliphatic rings. The summed E-state index contributed by atoms with van der Waals surface area (Å²) in [5.74, 6) is -0.0370. The fourth-order valence-corrected chi connectivity index (χ4v) is 2.85. The van der Waals surface area contributed by atoms with Crippen LogP contribution in [0.3, 0.4) is 0 Å².